The maximum Gasteiger partial charge on any atom is 0.310 e. The lowest BCUT2D eigenvalue weighted by Crippen LogP contribution is -2.52. The molecule has 5 atom stereocenters. The van der Waals surface area contributed by atoms with Gasteiger partial charge in [0, 0.05) is 12.0 Å². The summed E-state index contributed by atoms with van der Waals surface area (Å²) < 4.78 is 12.5. The van der Waals surface area contributed by atoms with Crippen LogP contribution in [0, 0.1) is 17.2 Å². The average molecular weight is 521 g/mol. The van der Waals surface area contributed by atoms with Crippen LogP contribution in [0.4, 0.5) is 0 Å². The molecule has 4 aromatic rings. The number of benzene rings is 3. The molecule has 2 heterocycles. The Hall–Kier alpha value is -4.71. The van der Waals surface area contributed by atoms with E-state index in [-0.39, 0.29) is 18.1 Å². The summed E-state index contributed by atoms with van der Waals surface area (Å²) in [6.07, 6.45) is -0.336. The van der Waals surface area contributed by atoms with Crippen molar-refractivity contribution < 1.29 is 29.6 Å². The van der Waals surface area contributed by atoms with Crippen molar-refractivity contribution in [2.45, 2.75) is 29.8 Å². The number of rotatable bonds is 6. The zero-order chi connectivity index (χ0) is 27.2. The highest BCUT2D eigenvalue weighted by Gasteiger charge is 2.78. The SMILES string of the molecule is N#Cc1ccc([C@@]23Oc4cc(OCc5ccccc5)cnc4[C@]2(O)[C@H](O)[C@H](C(=O)O)[C@H]3c2ccccc2)cc1. The molecule has 1 fully saturated rings. The van der Waals surface area contributed by atoms with E-state index in [0.29, 0.717) is 22.4 Å². The summed E-state index contributed by atoms with van der Waals surface area (Å²) >= 11 is 0. The number of pyridine rings is 1. The van der Waals surface area contributed by atoms with Gasteiger partial charge >= 0.3 is 5.97 Å². The Bertz CT molecular complexity index is 1570. The summed E-state index contributed by atoms with van der Waals surface area (Å²) in [7, 11) is 0. The van der Waals surface area contributed by atoms with Gasteiger partial charge in [0.15, 0.2) is 11.2 Å². The Morgan fingerprint density at radius 3 is 2.33 bits per heavy atom. The zero-order valence-electron chi connectivity index (χ0n) is 20.6. The zero-order valence-corrected chi connectivity index (χ0v) is 20.6. The fraction of sp³-hybridized carbons (Fsp3) is 0.194. The van der Waals surface area contributed by atoms with E-state index in [9.17, 15) is 25.4 Å². The van der Waals surface area contributed by atoms with Crippen molar-refractivity contribution in [2.24, 2.45) is 5.92 Å². The summed E-state index contributed by atoms with van der Waals surface area (Å²) in [6.45, 7) is 0.280. The topological polar surface area (TPSA) is 133 Å². The van der Waals surface area contributed by atoms with Gasteiger partial charge in [-0.3, -0.25) is 9.78 Å². The highest BCUT2D eigenvalue weighted by atomic mass is 16.5. The van der Waals surface area contributed by atoms with E-state index in [0.717, 1.165) is 5.56 Å². The molecule has 0 radical (unpaired) electrons. The van der Waals surface area contributed by atoms with Gasteiger partial charge in [-0.2, -0.15) is 5.26 Å². The van der Waals surface area contributed by atoms with Crippen LogP contribution in [0.5, 0.6) is 11.5 Å². The first-order chi connectivity index (χ1) is 18.9. The number of nitrogens with zero attached hydrogens (tertiary/aromatic N) is 2. The molecule has 8 heteroatoms. The van der Waals surface area contributed by atoms with Crippen LogP contribution < -0.4 is 9.47 Å². The highest BCUT2D eigenvalue weighted by molar-refractivity contribution is 5.76. The summed E-state index contributed by atoms with van der Waals surface area (Å²) in [5.41, 5.74) is -1.66. The van der Waals surface area contributed by atoms with Crippen molar-refractivity contribution >= 4 is 5.97 Å². The van der Waals surface area contributed by atoms with Gasteiger partial charge in [0.05, 0.1) is 23.7 Å². The fourth-order valence-corrected chi connectivity index (χ4v) is 6.02. The number of aliphatic hydroxyl groups is 2. The average Bonchev–Trinajstić information content (AvgIpc) is 3.35. The van der Waals surface area contributed by atoms with Crippen LogP contribution >= 0.6 is 0 Å². The maximum absolute atomic E-state index is 12.6. The third-order valence-electron chi connectivity index (χ3n) is 7.73. The van der Waals surface area contributed by atoms with E-state index in [1.165, 1.54) is 6.20 Å². The van der Waals surface area contributed by atoms with Gasteiger partial charge in [-0.15, -0.1) is 0 Å². The quantitative estimate of drug-likeness (QED) is 0.349. The number of aliphatic carboxylic acids is 1. The number of hydrogen-bond acceptors (Lipinski definition) is 7. The number of fused-ring (bicyclic) bond motifs is 3. The minimum atomic E-state index is -2.22. The van der Waals surface area contributed by atoms with Crippen LogP contribution in [0.3, 0.4) is 0 Å². The molecule has 8 nitrogen and oxygen atoms in total. The summed E-state index contributed by atoms with van der Waals surface area (Å²) in [4.78, 5) is 17.1. The molecule has 2 aliphatic rings. The second-order valence-corrected chi connectivity index (χ2v) is 9.78. The smallest absolute Gasteiger partial charge is 0.310 e. The number of nitriles is 1. The third-order valence-corrected chi connectivity index (χ3v) is 7.73. The molecule has 194 valence electrons. The molecule has 3 N–H and O–H groups in total. The highest BCUT2D eigenvalue weighted by Crippen LogP contribution is 2.68. The van der Waals surface area contributed by atoms with E-state index in [1.54, 1.807) is 60.7 Å². The predicted octanol–water partition coefficient (Wildman–Crippen LogP) is 3.87. The van der Waals surface area contributed by atoms with Gasteiger partial charge < -0.3 is 24.8 Å². The Kier molecular flexibility index (Phi) is 5.83. The number of carboxylic acids is 1. The molecule has 0 spiro atoms. The van der Waals surface area contributed by atoms with Crippen LogP contribution in [0.25, 0.3) is 0 Å². The van der Waals surface area contributed by atoms with E-state index in [2.05, 4.69) is 11.1 Å². The van der Waals surface area contributed by atoms with Crippen molar-refractivity contribution in [3.05, 3.63) is 125 Å². The lowest BCUT2D eigenvalue weighted by atomic mass is 9.71. The first kappa shape index (κ1) is 24.6. The molecule has 1 aliphatic carbocycles. The van der Waals surface area contributed by atoms with Crippen molar-refractivity contribution in [1.82, 2.24) is 4.98 Å². The molecule has 0 saturated heterocycles. The molecule has 6 rings (SSSR count). The number of aliphatic hydroxyl groups excluding tert-OH is 1. The third kappa shape index (κ3) is 3.59. The molecule has 39 heavy (non-hydrogen) atoms. The number of carboxylic acid groups (broad SMARTS) is 1. The van der Waals surface area contributed by atoms with Gasteiger partial charge in [0.25, 0.3) is 0 Å². The normalized spacial score (nSPS) is 26.6. The number of aromatic nitrogens is 1. The Balaban J connectivity index is 1.52. The molecule has 0 unspecified atom stereocenters. The van der Waals surface area contributed by atoms with Gasteiger partial charge in [0.2, 0.25) is 0 Å². The van der Waals surface area contributed by atoms with Crippen molar-refractivity contribution in [3.63, 3.8) is 0 Å². The second kappa shape index (κ2) is 9.24. The van der Waals surface area contributed by atoms with Crippen LogP contribution in [0.15, 0.2) is 97.2 Å². The van der Waals surface area contributed by atoms with Crippen molar-refractivity contribution in [3.8, 4) is 17.6 Å². The Morgan fingerprint density at radius 1 is 1.03 bits per heavy atom. The Labute approximate surface area is 224 Å². The minimum Gasteiger partial charge on any atom is -0.487 e. The minimum absolute atomic E-state index is 0.0242. The summed E-state index contributed by atoms with van der Waals surface area (Å²) in [6, 6.07) is 28.5. The molecule has 1 aromatic heterocycles. The monoisotopic (exact) mass is 520 g/mol. The maximum atomic E-state index is 12.6. The molecule has 3 aromatic carbocycles. The van der Waals surface area contributed by atoms with Crippen LogP contribution in [-0.2, 0) is 22.6 Å². The van der Waals surface area contributed by atoms with E-state index < -0.39 is 35.1 Å². The summed E-state index contributed by atoms with van der Waals surface area (Å²) in [5, 5.41) is 43.6. The van der Waals surface area contributed by atoms with Crippen LogP contribution in [-0.4, -0.2) is 32.4 Å². The van der Waals surface area contributed by atoms with Crippen LogP contribution in [0.1, 0.15) is 33.9 Å². The second-order valence-electron chi connectivity index (χ2n) is 9.78. The standard InChI is InChI=1S/C31H24N2O6/c32-16-19-11-13-22(14-12-19)31-26(21-9-5-2-6-10-21)25(29(35)36)28(34)30(31,37)27-24(39-31)15-23(17-33-27)38-18-20-7-3-1-4-8-20/h1-15,17,25-26,28,34,37H,18H2,(H,35,36)/t25-,26-,28-,30+,31+/m1/s1. The first-order valence-corrected chi connectivity index (χ1v) is 12.4. The van der Waals surface area contributed by atoms with Gasteiger partial charge in [0.1, 0.15) is 29.9 Å². The van der Waals surface area contributed by atoms with Crippen molar-refractivity contribution in [1.29, 1.82) is 5.26 Å². The van der Waals surface area contributed by atoms with E-state index >= 15 is 0 Å². The summed E-state index contributed by atoms with van der Waals surface area (Å²) in [5.74, 6) is -3.14. The molecule has 1 saturated carbocycles. The fourth-order valence-electron chi connectivity index (χ4n) is 6.02. The predicted molar refractivity (Wildman–Crippen MR) is 139 cm³/mol. The molecule has 0 amide bonds. The van der Waals surface area contributed by atoms with E-state index in [4.69, 9.17) is 9.47 Å². The first-order valence-electron chi connectivity index (χ1n) is 12.4. The largest absolute Gasteiger partial charge is 0.487 e. The van der Waals surface area contributed by atoms with Gasteiger partial charge in [-0.25, -0.2) is 0 Å². The number of carbonyl (C=O) groups is 1. The van der Waals surface area contributed by atoms with E-state index in [1.807, 2.05) is 30.3 Å². The molecule has 1 aliphatic heterocycles. The lowest BCUT2D eigenvalue weighted by molar-refractivity contribution is -0.160. The van der Waals surface area contributed by atoms with Crippen LogP contribution in [0.2, 0.25) is 0 Å². The number of ether oxygens (including phenoxy) is 2. The molecular weight excluding hydrogens is 496 g/mol. The van der Waals surface area contributed by atoms with Gasteiger partial charge in [-0.1, -0.05) is 72.8 Å². The lowest BCUT2D eigenvalue weighted by Gasteiger charge is -2.40. The number of hydrogen-bond donors (Lipinski definition) is 3. The van der Waals surface area contributed by atoms with Gasteiger partial charge in [-0.05, 0) is 28.8 Å². The Morgan fingerprint density at radius 2 is 1.69 bits per heavy atom. The molecule has 0 bridgehead atoms. The van der Waals surface area contributed by atoms with Crippen molar-refractivity contribution in [2.75, 3.05) is 0 Å². The molecular formula is C31H24N2O6.